The molecule has 1 N–H and O–H groups in total. The van der Waals surface area contributed by atoms with E-state index in [2.05, 4.69) is 5.32 Å². The van der Waals surface area contributed by atoms with Crippen molar-refractivity contribution in [1.29, 1.82) is 0 Å². The minimum atomic E-state index is -0.388. The number of nitrogens with one attached hydrogen (secondary N) is 1. The van der Waals surface area contributed by atoms with Gasteiger partial charge in [0.05, 0.1) is 26.7 Å². The van der Waals surface area contributed by atoms with Gasteiger partial charge in [-0.2, -0.15) is 0 Å². The van der Waals surface area contributed by atoms with Crippen LogP contribution in [0.3, 0.4) is 0 Å². The van der Waals surface area contributed by atoms with Crippen LogP contribution in [0.2, 0.25) is 0 Å². The van der Waals surface area contributed by atoms with Crippen LogP contribution in [0.4, 0.5) is 0 Å². The molecule has 0 fully saturated rings. The van der Waals surface area contributed by atoms with Gasteiger partial charge in [-0.05, 0) is 42.3 Å². The van der Waals surface area contributed by atoms with Crippen molar-refractivity contribution in [2.75, 3.05) is 20.8 Å². The van der Waals surface area contributed by atoms with Gasteiger partial charge in [-0.25, -0.2) is 0 Å². The first-order chi connectivity index (χ1) is 13.5. The molecule has 0 heterocycles. The number of hydrogen-bond donors (Lipinski definition) is 1. The topological polar surface area (TPSA) is 67.9 Å². The highest BCUT2D eigenvalue weighted by Gasteiger charge is 2.21. The van der Waals surface area contributed by atoms with Crippen LogP contribution in [0.5, 0.6) is 11.5 Å². The summed E-state index contributed by atoms with van der Waals surface area (Å²) in [6.45, 7) is 4.49. The Morgan fingerprint density at radius 2 is 1.50 bits per heavy atom. The minimum absolute atomic E-state index is 0.0205. The average molecular weight is 384 g/mol. The molecule has 0 saturated carbocycles. The monoisotopic (exact) mass is 384 g/mol. The molecule has 6 nitrogen and oxygen atoms in total. The number of hydrogen-bond acceptors (Lipinski definition) is 4. The molecular formula is C22H28N2O4. The van der Waals surface area contributed by atoms with Crippen molar-refractivity contribution in [3.63, 3.8) is 0 Å². The molecule has 2 aromatic carbocycles. The number of benzene rings is 2. The maximum Gasteiger partial charge on any atom is 0.225 e. The van der Waals surface area contributed by atoms with Crippen molar-refractivity contribution in [3.8, 4) is 11.5 Å². The smallest absolute Gasteiger partial charge is 0.225 e. The molecule has 0 aliphatic rings. The molecule has 0 aliphatic carbocycles. The van der Waals surface area contributed by atoms with Crippen LogP contribution in [0.25, 0.3) is 0 Å². The zero-order valence-corrected chi connectivity index (χ0v) is 16.9. The number of methoxy groups -OCH3 is 2. The van der Waals surface area contributed by atoms with Crippen LogP contribution in [0.15, 0.2) is 48.5 Å². The number of rotatable bonds is 9. The van der Waals surface area contributed by atoms with Crippen LogP contribution >= 0.6 is 0 Å². The lowest BCUT2D eigenvalue weighted by Crippen LogP contribution is -2.35. The van der Waals surface area contributed by atoms with Crippen LogP contribution in [-0.4, -0.2) is 37.5 Å². The SMILES string of the molecule is CCN(Cc1ccc(OC)cc1)C(=O)CC(NC(C)=O)c1ccc(OC)cc1. The van der Waals surface area contributed by atoms with E-state index in [-0.39, 0.29) is 24.3 Å². The van der Waals surface area contributed by atoms with E-state index < -0.39 is 0 Å². The lowest BCUT2D eigenvalue weighted by Gasteiger charge is -2.25. The molecule has 2 aromatic rings. The summed E-state index contributed by atoms with van der Waals surface area (Å²) in [6, 6.07) is 14.6. The number of amides is 2. The number of carbonyl (C=O) groups is 2. The fraction of sp³-hybridized carbons (Fsp3) is 0.364. The third kappa shape index (κ3) is 6.01. The fourth-order valence-electron chi connectivity index (χ4n) is 2.97. The number of ether oxygens (including phenoxy) is 2. The molecule has 0 bridgehead atoms. The summed E-state index contributed by atoms with van der Waals surface area (Å²) in [7, 11) is 3.22. The van der Waals surface area contributed by atoms with E-state index >= 15 is 0 Å². The van der Waals surface area contributed by atoms with Crippen molar-refractivity contribution in [1.82, 2.24) is 10.2 Å². The van der Waals surface area contributed by atoms with Crippen LogP contribution in [0, 0.1) is 0 Å². The second kappa shape index (κ2) is 10.3. The summed E-state index contributed by atoms with van der Waals surface area (Å²) in [4.78, 5) is 26.3. The van der Waals surface area contributed by atoms with Gasteiger partial charge in [0.15, 0.2) is 0 Å². The molecule has 2 amide bonds. The summed E-state index contributed by atoms with van der Waals surface area (Å²) < 4.78 is 10.4. The molecule has 6 heteroatoms. The van der Waals surface area contributed by atoms with Crippen LogP contribution < -0.4 is 14.8 Å². The molecule has 0 aromatic heterocycles. The van der Waals surface area contributed by atoms with Crippen molar-refractivity contribution in [2.24, 2.45) is 0 Å². The van der Waals surface area contributed by atoms with E-state index in [1.54, 1.807) is 19.1 Å². The molecule has 0 saturated heterocycles. The Morgan fingerprint density at radius 1 is 0.964 bits per heavy atom. The second-order valence-electron chi connectivity index (χ2n) is 6.49. The van der Waals surface area contributed by atoms with Crippen molar-refractivity contribution in [2.45, 2.75) is 32.9 Å². The standard InChI is InChI=1S/C22H28N2O4/c1-5-24(15-17-6-10-19(27-3)11-7-17)22(26)14-21(23-16(2)25)18-8-12-20(28-4)13-9-18/h6-13,21H,5,14-15H2,1-4H3,(H,23,25). The van der Waals surface area contributed by atoms with Gasteiger partial charge in [0, 0.05) is 20.0 Å². The maximum atomic E-state index is 12.9. The van der Waals surface area contributed by atoms with Crippen LogP contribution in [0.1, 0.15) is 37.4 Å². The van der Waals surface area contributed by atoms with E-state index in [1.807, 2.05) is 55.5 Å². The van der Waals surface area contributed by atoms with E-state index in [0.717, 1.165) is 22.6 Å². The zero-order valence-electron chi connectivity index (χ0n) is 16.9. The van der Waals surface area contributed by atoms with Gasteiger partial charge in [-0.1, -0.05) is 24.3 Å². The Morgan fingerprint density at radius 3 is 1.96 bits per heavy atom. The lowest BCUT2D eigenvalue weighted by atomic mass is 10.0. The summed E-state index contributed by atoms with van der Waals surface area (Å²) in [6.07, 6.45) is 0.190. The molecule has 2 rings (SSSR count). The van der Waals surface area contributed by atoms with Gasteiger partial charge >= 0.3 is 0 Å². The predicted octanol–water partition coefficient (Wildman–Crippen LogP) is 3.32. The molecule has 0 spiro atoms. The fourth-order valence-corrected chi connectivity index (χ4v) is 2.97. The molecular weight excluding hydrogens is 356 g/mol. The average Bonchev–Trinajstić information content (AvgIpc) is 2.71. The lowest BCUT2D eigenvalue weighted by molar-refractivity contribution is -0.132. The first kappa shape index (κ1) is 21.3. The van der Waals surface area contributed by atoms with Gasteiger partial charge in [-0.15, -0.1) is 0 Å². The van der Waals surface area contributed by atoms with E-state index in [4.69, 9.17) is 9.47 Å². The predicted molar refractivity (Wildman–Crippen MR) is 108 cm³/mol. The largest absolute Gasteiger partial charge is 0.497 e. The highest BCUT2D eigenvalue weighted by atomic mass is 16.5. The Labute approximate surface area is 166 Å². The molecule has 1 atom stereocenters. The third-order valence-corrected chi connectivity index (χ3v) is 4.54. The quantitative estimate of drug-likeness (QED) is 0.720. The Hall–Kier alpha value is -3.02. The first-order valence-electron chi connectivity index (χ1n) is 9.28. The Bertz CT molecular complexity index is 772. The van der Waals surface area contributed by atoms with E-state index in [1.165, 1.54) is 6.92 Å². The van der Waals surface area contributed by atoms with Crippen molar-refractivity contribution >= 4 is 11.8 Å². The van der Waals surface area contributed by atoms with E-state index in [0.29, 0.717) is 13.1 Å². The zero-order chi connectivity index (χ0) is 20.5. The first-order valence-corrected chi connectivity index (χ1v) is 9.28. The van der Waals surface area contributed by atoms with Gasteiger partial charge in [0.25, 0.3) is 0 Å². The normalized spacial score (nSPS) is 11.4. The summed E-state index contributed by atoms with van der Waals surface area (Å²) in [5, 5.41) is 2.88. The van der Waals surface area contributed by atoms with E-state index in [9.17, 15) is 9.59 Å². The molecule has 1 unspecified atom stereocenters. The molecule has 0 radical (unpaired) electrons. The summed E-state index contributed by atoms with van der Waals surface area (Å²) in [5.41, 5.74) is 1.89. The van der Waals surface area contributed by atoms with Gasteiger partial charge in [0.2, 0.25) is 11.8 Å². The van der Waals surface area contributed by atoms with Crippen molar-refractivity contribution < 1.29 is 19.1 Å². The highest BCUT2D eigenvalue weighted by Crippen LogP contribution is 2.22. The molecule has 0 aliphatic heterocycles. The maximum absolute atomic E-state index is 12.9. The minimum Gasteiger partial charge on any atom is -0.497 e. The third-order valence-electron chi connectivity index (χ3n) is 4.54. The van der Waals surface area contributed by atoms with Gasteiger partial charge in [-0.3, -0.25) is 9.59 Å². The number of carbonyl (C=O) groups excluding carboxylic acids is 2. The molecule has 150 valence electrons. The summed E-state index contributed by atoms with van der Waals surface area (Å²) in [5.74, 6) is 1.31. The number of nitrogens with zero attached hydrogens (tertiary/aromatic N) is 1. The molecule has 28 heavy (non-hydrogen) atoms. The summed E-state index contributed by atoms with van der Waals surface area (Å²) >= 11 is 0. The Kier molecular flexibility index (Phi) is 7.87. The second-order valence-corrected chi connectivity index (χ2v) is 6.49. The van der Waals surface area contributed by atoms with Crippen molar-refractivity contribution in [3.05, 3.63) is 59.7 Å². The Balaban J connectivity index is 2.11. The van der Waals surface area contributed by atoms with Gasteiger partial charge in [0.1, 0.15) is 11.5 Å². The highest BCUT2D eigenvalue weighted by molar-refractivity contribution is 5.79. The van der Waals surface area contributed by atoms with Crippen LogP contribution in [-0.2, 0) is 16.1 Å². The van der Waals surface area contributed by atoms with Gasteiger partial charge < -0.3 is 19.7 Å².